The molecular weight excluding hydrogens is 470 g/mol. The Bertz CT molecular complexity index is 1330. The quantitative estimate of drug-likeness (QED) is 0.391. The van der Waals surface area contributed by atoms with E-state index < -0.39 is 0 Å². The maximum Gasteiger partial charge on any atom is 0.174 e. The number of rotatable bonds is 5. The van der Waals surface area contributed by atoms with Gasteiger partial charge in [0.05, 0.1) is 24.9 Å². The van der Waals surface area contributed by atoms with E-state index in [0.717, 1.165) is 49.1 Å². The fourth-order valence-corrected chi connectivity index (χ4v) is 5.41. The molecule has 2 aliphatic rings. The minimum atomic E-state index is -0.136. The van der Waals surface area contributed by atoms with Crippen LogP contribution in [0.3, 0.4) is 0 Å². The molecule has 36 heavy (non-hydrogen) atoms. The number of aromatic hydroxyl groups is 1. The van der Waals surface area contributed by atoms with Crippen molar-refractivity contribution in [1.29, 1.82) is 0 Å². The van der Waals surface area contributed by atoms with Gasteiger partial charge in [0.15, 0.2) is 5.11 Å². The number of phenolic OH excluding ortho intramolecular Hbond substituents is 1. The molecule has 0 spiro atoms. The van der Waals surface area contributed by atoms with Crippen molar-refractivity contribution in [3.63, 3.8) is 0 Å². The van der Waals surface area contributed by atoms with Gasteiger partial charge in [-0.05, 0) is 85.0 Å². The third kappa shape index (κ3) is 4.19. The summed E-state index contributed by atoms with van der Waals surface area (Å²) in [6.45, 7) is 3.30. The normalized spacial score (nSPS) is 19.9. The minimum Gasteiger partial charge on any atom is -0.508 e. The largest absolute Gasteiger partial charge is 0.508 e. The van der Waals surface area contributed by atoms with Crippen molar-refractivity contribution in [2.24, 2.45) is 0 Å². The number of morpholine rings is 1. The van der Waals surface area contributed by atoms with E-state index in [4.69, 9.17) is 17.0 Å². The van der Waals surface area contributed by atoms with Crippen LogP contribution in [-0.4, -0.2) is 46.1 Å². The lowest BCUT2D eigenvalue weighted by molar-refractivity contribution is 0.122. The van der Waals surface area contributed by atoms with Crippen LogP contribution < -0.4 is 15.1 Å². The minimum absolute atomic E-state index is 0.134. The predicted molar refractivity (Wildman–Crippen MR) is 145 cm³/mol. The van der Waals surface area contributed by atoms with Crippen LogP contribution in [0.1, 0.15) is 23.5 Å². The van der Waals surface area contributed by atoms with Gasteiger partial charge in [-0.15, -0.1) is 0 Å². The smallest absolute Gasteiger partial charge is 0.174 e. The van der Waals surface area contributed by atoms with Crippen LogP contribution in [0.15, 0.2) is 91.3 Å². The number of nitrogens with zero attached hydrogens (tertiary/aromatic N) is 4. The molecule has 4 aromatic rings. The summed E-state index contributed by atoms with van der Waals surface area (Å²) < 4.78 is 7.65. The second kappa shape index (κ2) is 9.64. The Labute approximate surface area is 215 Å². The van der Waals surface area contributed by atoms with E-state index in [2.05, 4.69) is 55.0 Å². The van der Waals surface area contributed by atoms with E-state index in [1.165, 1.54) is 5.69 Å². The molecule has 0 saturated carbocycles. The standard InChI is InChI=1S/C28H27N5O2S/c34-23-12-10-21(11-13-23)32-15-3-5-25(32)27-26(24-4-1-2-14-29-24)30-28(36)33(27)22-8-6-20(7-9-22)31-16-18-35-19-17-31/h1-15,26-27,34H,16-19H2,(H,30,36)/t26-,27+/m0/s1. The number of nitrogens with one attached hydrogen (secondary N) is 1. The van der Waals surface area contributed by atoms with Crippen LogP contribution in [0.2, 0.25) is 0 Å². The van der Waals surface area contributed by atoms with Crippen LogP contribution in [0.25, 0.3) is 5.69 Å². The second-order valence-electron chi connectivity index (χ2n) is 8.93. The number of thiocarbonyl (C=S) groups is 1. The number of pyridine rings is 1. The van der Waals surface area contributed by atoms with Crippen molar-refractivity contribution in [1.82, 2.24) is 14.9 Å². The van der Waals surface area contributed by atoms with Gasteiger partial charge in [-0.25, -0.2) is 0 Å². The highest BCUT2D eigenvalue weighted by atomic mass is 32.1. The number of benzene rings is 2. The Morgan fingerprint density at radius 2 is 1.58 bits per heavy atom. The Morgan fingerprint density at radius 3 is 2.31 bits per heavy atom. The maximum atomic E-state index is 9.80. The summed E-state index contributed by atoms with van der Waals surface area (Å²) >= 11 is 5.90. The van der Waals surface area contributed by atoms with E-state index in [1.54, 1.807) is 12.1 Å². The van der Waals surface area contributed by atoms with Crippen molar-refractivity contribution < 1.29 is 9.84 Å². The average molecular weight is 498 g/mol. The molecular formula is C28H27N5O2S. The number of phenols is 1. The molecule has 2 fully saturated rings. The number of hydrogen-bond acceptors (Lipinski definition) is 5. The molecule has 2 aromatic heterocycles. The van der Waals surface area contributed by atoms with Gasteiger partial charge in [-0.3, -0.25) is 4.98 Å². The highest BCUT2D eigenvalue weighted by molar-refractivity contribution is 7.80. The van der Waals surface area contributed by atoms with Crippen molar-refractivity contribution in [3.05, 3.63) is 103 Å². The van der Waals surface area contributed by atoms with Gasteiger partial charge in [0.2, 0.25) is 0 Å². The van der Waals surface area contributed by atoms with Crippen molar-refractivity contribution in [3.8, 4) is 11.4 Å². The SMILES string of the molecule is Oc1ccc(-n2cccc2[C@@H]2[C@H](c3ccccn3)NC(=S)N2c2ccc(N3CCOCC3)cc2)cc1. The molecule has 0 aliphatic carbocycles. The summed E-state index contributed by atoms with van der Waals surface area (Å²) in [7, 11) is 0. The third-order valence-corrected chi connectivity index (χ3v) is 7.13. The van der Waals surface area contributed by atoms with E-state index in [0.29, 0.717) is 5.11 Å². The Balaban J connectivity index is 1.41. The van der Waals surface area contributed by atoms with Gasteiger partial charge in [0, 0.05) is 48.2 Å². The Kier molecular flexibility index (Phi) is 6.04. The molecule has 2 atom stereocenters. The molecule has 7 nitrogen and oxygen atoms in total. The zero-order valence-corrected chi connectivity index (χ0v) is 20.5. The van der Waals surface area contributed by atoms with Gasteiger partial charge in [-0.2, -0.15) is 0 Å². The average Bonchev–Trinajstić information content (AvgIpc) is 3.54. The van der Waals surface area contributed by atoms with Crippen LogP contribution in [0.5, 0.6) is 5.75 Å². The summed E-state index contributed by atoms with van der Waals surface area (Å²) in [6.07, 6.45) is 3.86. The van der Waals surface area contributed by atoms with Crippen LogP contribution in [-0.2, 0) is 4.74 Å². The molecule has 6 rings (SSSR count). The topological polar surface area (TPSA) is 65.8 Å². The van der Waals surface area contributed by atoms with Crippen LogP contribution in [0.4, 0.5) is 11.4 Å². The fourth-order valence-electron chi connectivity index (χ4n) is 5.06. The molecule has 0 bridgehead atoms. The molecule has 4 heterocycles. The number of hydrogen-bond donors (Lipinski definition) is 2. The lowest BCUT2D eigenvalue weighted by Gasteiger charge is -2.31. The molecule has 182 valence electrons. The van der Waals surface area contributed by atoms with Gasteiger partial charge in [-0.1, -0.05) is 6.07 Å². The molecule has 0 radical (unpaired) electrons. The monoisotopic (exact) mass is 497 g/mol. The van der Waals surface area contributed by atoms with E-state index in [9.17, 15) is 5.11 Å². The molecule has 0 unspecified atom stereocenters. The lowest BCUT2D eigenvalue weighted by Crippen LogP contribution is -2.36. The summed E-state index contributed by atoms with van der Waals surface area (Å²) in [5.74, 6) is 0.240. The van der Waals surface area contributed by atoms with Gasteiger partial charge in [0.1, 0.15) is 11.8 Å². The van der Waals surface area contributed by atoms with Crippen LogP contribution >= 0.6 is 12.2 Å². The number of aromatic nitrogens is 2. The molecule has 8 heteroatoms. The van der Waals surface area contributed by atoms with Gasteiger partial charge in [0.25, 0.3) is 0 Å². The number of anilines is 2. The first-order valence-electron chi connectivity index (χ1n) is 12.1. The third-order valence-electron chi connectivity index (χ3n) is 6.81. The molecule has 2 aromatic carbocycles. The first-order valence-corrected chi connectivity index (χ1v) is 12.5. The van der Waals surface area contributed by atoms with Gasteiger partial charge < -0.3 is 29.5 Å². The molecule has 2 N–H and O–H groups in total. The molecule has 0 amide bonds. The van der Waals surface area contributed by atoms with E-state index in [1.807, 2.05) is 48.8 Å². The summed E-state index contributed by atoms with van der Waals surface area (Å²) in [4.78, 5) is 9.19. The first-order chi connectivity index (χ1) is 17.7. The van der Waals surface area contributed by atoms with Crippen molar-refractivity contribution >= 4 is 28.7 Å². The summed E-state index contributed by atoms with van der Waals surface area (Å²) in [5, 5.41) is 14.0. The van der Waals surface area contributed by atoms with Gasteiger partial charge >= 0.3 is 0 Å². The highest BCUT2D eigenvalue weighted by Gasteiger charge is 2.42. The maximum absolute atomic E-state index is 9.80. The zero-order chi connectivity index (χ0) is 24.5. The second-order valence-corrected chi connectivity index (χ2v) is 9.32. The predicted octanol–water partition coefficient (Wildman–Crippen LogP) is 4.59. The summed E-state index contributed by atoms with van der Waals surface area (Å²) in [6, 6.07) is 25.7. The van der Waals surface area contributed by atoms with E-state index in [-0.39, 0.29) is 17.8 Å². The van der Waals surface area contributed by atoms with Crippen molar-refractivity contribution in [2.45, 2.75) is 12.1 Å². The molecule has 2 aliphatic heterocycles. The fraction of sp³-hybridized carbons (Fsp3) is 0.214. The summed E-state index contributed by atoms with van der Waals surface area (Å²) in [5.41, 5.74) is 5.17. The first kappa shape index (κ1) is 22.6. The Hall–Kier alpha value is -3.88. The zero-order valence-electron chi connectivity index (χ0n) is 19.7. The Morgan fingerprint density at radius 1 is 0.861 bits per heavy atom. The molecule has 2 saturated heterocycles. The lowest BCUT2D eigenvalue weighted by atomic mass is 10.0. The number of ether oxygens (including phenoxy) is 1. The van der Waals surface area contributed by atoms with Crippen molar-refractivity contribution in [2.75, 3.05) is 36.1 Å². The van der Waals surface area contributed by atoms with E-state index >= 15 is 0 Å². The van der Waals surface area contributed by atoms with Crippen LogP contribution in [0, 0.1) is 0 Å². The highest BCUT2D eigenvalue weighted by Crippen LogP contribution is 2.42.